The van der Waals surface area contributed by atoms with Gasteiger partial charge in [0.05, 0.1) is 17.1 Å². The fraction of sp³-hybridized carbons (Fsp3) is 0.0816. The van der Waals surface area contributed by atoms with Crippen molar-refractivity contribution >= 4 is 50.0 Å². The molecule has 0 fully saturated rings. The molecule has 0 bridgehead atoms. The SMILES string of the molecule is C/C(=N\c1c(C)ccc2c1ccc1c(N(c3ccccc3)c3ccccc3-c3cccc(-c4ccccc4C)c3C)cccc12)c1ccccc1. The number of nitrogens with zero attached hydrogens (tertiary/aromatic N) is 2. The van der Waals surface area contributed by atoms with Crippen LogP contribution >= 0.6 is 0 Å². The Morgan fingerprint density at radius 2 is 0.961 bits per heavy atom. The van der Waals surface area contributed by atoms with Gasteiger partial charge in [-0.2, -0.15) is 0 Å². The number of hydrogen-bond donors (Lipinski definition) is 0. The summed E-state index contributed by atoms with van der Waals surface area (Å²) in [6.07, 6.45) is 0. The molecule has 2 heteroatoms. The molecule has 0 aromatic heterocycles. The maximum Gasteiger partial charge on any atom is 0.0740 e. The Morgan fingerprint density at radius 1 is 0.412 bits per heavy atom. The van der Waals surface area contributed by atoms with Crippen molar-refractivity contribution in [2.24, 2.45) is 4.99 Å². The Bertz CT molecular complexity index is 2560. The average molecular weight is 657 g/mol. The van der Waals surface area contributed by atoms with Crippen LogP contribution in [0.1, 0.15) is 29.2 Å². The maximum atomic E-state index is 5.21. The Kier molecular flexibility index (Phi) is 8.51. The Hall–Kier alpha value is -6.25. The van der Waals surface area contributed by atoms with Crippen LogP contribution in [0.25, 0.3) is 43.8 Å². The van der Waals surface area contributed by atoms with Crippen molar-refractivity contribution < 1.29 is 0 Å². The number of fused-ring (bicyclic) bond motifs is 3. The average Bonchev–Trinajstić information content (AvgIpc) is 3.17. The molecule has 0 radical (unpaired) electrons. The van der Waals surface area contributed by atoms with Gasteiger partial charge >= 0.3 is 0 Å². The number of para-hydroxylation sites is 2. The lowest BCUT2D eigenvalue weighted by Gasteiger charge is -2.29. The lowest BCUT2D eigenvalue weighted by molar-refractivity contribution is 1.29. The number of aryl methyl sites for hydroxylation is 2. The molecule has 0 N–H and O–H groups in total. The molecule has 0 saturated heterocycles. The third-order valence-corrected chi connectivity index (χ3v) is 10.1. The molecule has 0 amide bonds. The summed E-state index contributed by atoms with van der Waals surface area (Å²) in [6.45, 7) is 8.70. The van der Waals surface area contributed by atoms with Gasteiger partial charge in [0.2, 0.25) is 0 Å². The van der Waals surface area contributed by atoms with Gasteiger partial charge in [-0.1, -0.05) is 146 Å². The maximum absolute atomic E-state index is 5.21. The largest absolute Gasteiger partial charge is 0.309 e. The number of hydrogen-bond acceptors (Lipinski definition) is 2. The summed E-state index contributed by atoms with van der Waals surface area (Å²) in [5.41, 5.74) is 15.2. The minimum absolute atomic E-state index is 1.01. The van der Waals surface area contributed by atoms with Gasteiger partial charge in [-0.3, -0.25) is 4.99 Å². The molecule has 2 nitrogen and oxygen atoms in total. The number of rotatable bonds is 7. The lowest BCUT2D eigenvalue weighted by Crippen LogP contribution is -2.12. The normalized spacial score (nSPS) is 11.6. The van der Waals surface area contributed by atoms with E-state index in [1.807, 2.05) is 6.07 Å². The van der Waals surface area contributed by atoms with E-state index in [0.29, 0.717) is 0 Å². The van der Waals surface area contributed by atoms with E-state index in [0.717, 1.165) is 45.0 Å². The van der Waals surface area contributed by atoms with Crippen molar-refractivity contribution in [3.05, 3.63) is 192 Å². The zero-order valence-corrected chi connectivity index (χ0v) is 29.6. The highest BCUT2D eigenvalue weighted by Gasteiger charge is 2.21. The predicted molar refractivity (Wildman–Crippen MR) is 220 cm³/mol. The van der Waals surface area contributed by atoms with Crippen LogP contribution in [0.3, 0.4) is 0 Å². The van der Waals surface area contributed by atoms with E-state index in [4.69, 9.17) is 4.99 Å². The van der Waals surface area contributed by atoms with Gasteiger partial charge < -0.3 is 4.90 Å². The molecular formula is C49H40N2. The van der Waals surface area contributed by atoms with E-state index in [2.05, 4.69) is 196 Å². The fourth-order valence-electron chi connectivity index (χ4n) is 7.48. The summed E-state index contributed by atoms with van der Waals surface area (Å²) in [5, 5.41) is 4.75. The second kappa shape index (κ2) is 13.6. The molecule has 0 unspecified atom stereocenters. The van der Waals surface area contributed by atoms with Gasteiger partial charge in [-0.05, 0) is 102 Å². The first-order valence-electron chi connectivity index (χ1n) is 17.7. The van der Waals surface area contributed by atoms with Crippen LogP contribution in [-0.2, 0) is 0 Å². The third-order valence-electron chi connectivity index (χ3n) is 10.1. The molecule has 8 rings (SSSR count). The second-order valence-corrected chi connectivity index (χ2v) is 13.3. The standard InChI is InChI=1S/C49H40N2/c1-33-17-11-12-22-39(33)40-24-15-25-41(35(40)3)44-23-13-14-27-47(44)51(38-20-9-6-10-21-38)48-28-16-26-42-43-30-29-34(2)49(46(43)32-31-45(42)48)50-36(4)37-18-7-5-8-19-37/h5-32H,1-4H3/b50-36+. The molecule has 0 spiro atoms. The third kappa shape index (κ3) is 5.89. The monoisotopic (exact) mass is 656 g/mol. The molecule has 0 saturated carbocycles. The fourth-order valence-corrected chi connectivity index (χ4v) is 7.48. The smallest absolute Gasteiger partial charge is 0.0740 e. The van der Waals surface area contributed by atoms with Crippen LogP contribution in [0.15, 0.2) is 175 Å². The Labute approximate surface area is 301 Å². The number of aliphatic imine (C=N–C) groups is 1. The summed E-state index contributed by atoms with van der Waals surface area (Å²) >= 11 is 0. The molecule has 0 aliphatic heterocycles. The summed E-state index contributed by atoms with van der Waals surface area (Å²) in [5.74, 6) is 0. The zero-order chi connectivity index (χ0) is 34.9. The summed E-state index contributed by atoms with van der Waals surface area (Å²) in [6, 6.07) is 61.1. The zero-order valence-electron chi connectivity index (χ0n) is 29.6. The van der Waals surface area contributed by atoms with E-state index in [-0.39, 0.29) is 0 Å². The van der Waals surface area contributed by atoms with E-state index in [1.54, 1.807) is 0 Å². The van der Waals surface area contributed by atoms with Crippen LogP contribution in [0.2, 0.25) is 0 Å². The van der Waals surface area contributed by atoms with Gasteiger partial charge in [-0.25, -0.2) is 0 Å². The Morgan fingerprint density at radius 3 is 1.73 bits per heavy atom. The van der Waals surface area contributed by atoms with Crippen LogP contribution in [0, 0.1) is 20.8 Å². The van der Waals surface area contributed by atoms with Crippen LogP contribution in [-0.4, -0.2) is 5.71 Å². The van der Waals surface area contributed by atoms with Crippen LogP contribution in [0.4, 0.5) is 22.7 Å². The topological polar surface area (TPSA) is 15.6 Å². The summed E-state index contributed by atoms with van der Waals surface area (Å²) < 4.78 is 0. The summed E-state index contributed by atoms with van der Waals surface area (Å²) in [4.78, 5) is 7.64. The molecule has 246 valence electrons. The highest BCUT2D eigenvalue weighted by atomic mass is 15.1. The van der Waals surface area contributed by atoms with Crippen LogP contribution in [0.5, 0.6) is 0 Å². The molecule has 8 aromatic rings. The van der Waals surface area contributed by atoms with Crippen molar-refractivity contribution in [1.82, 2.24) is 0 Å². The highest BCUT2D eigenvalue weighted by molar-refractivity contribution is 6.16. The van der Waals surface area contributed by atoms with E-state index in [1.165, 1.54) is 49.5 Å². The molecule has 0 heterocycles. The first-order valence-corrected chi connectivity index (χ1v) is 17.7. The van der Waals surface area contributed by atoms with Crippen molar-refractivity contribution in [3.63, 3.8) is 0 Å². The number of benzene rings is 8. The summed E-state index contributed by atoms with van der Waals surface area (Å²) in [7, 11) is 0. The van der Waals surface area contributed by atoms with Gasteiger partial charge in [0.1, 0.15) is 0 Å². The molecule has 0 atom stereocenters. The predicted octanol–water partition coefficient (Wildman–Crippen LogP) is 13.9. The van der Waals surface area contributed by atoms with E-state index in [9.17, 15) is 0 Å². The lowest BCUT2D eigenvalue weighted by atomic mass is 9.90. The quantitative estimate of drug-likeness (QED) is 0.123. The second-order valence-electron chi connectivity index (χ2n) is 13.3. The number of anilines is 3. The Balaban J connectivity index is 1.33. The molecule has 8 aromatic carbocycles. The first kappa shape index (κ1) is 32.0. The van der Waals surface area contributed by atoms with Gasteiger partial charge in [0.15, 0.2) is 0 Å². The minimum atomic E-state index is 1.01. The van der Waals surface area contributed by atoms with Crippen molar-refractivity contribution in [1.29, 1.82) is 0 Å². The molecule has 51 heavy (non-hydrogen) atoms. The highest BCUT2D eigenvalue weighted by Crippen LogP contribution is 2.46. The van der Waals surface area contributed by atoms with Gasteiger partial charge in [-0.15, -0.1) is 0 Å². The molecule has 0 aliphatic rings. The van der Waals surface area contributed by atoms with Crippen molar-refractivity contribution in [3.8, 4) is 22.3 Å². The molecular weight excluding hydrogens is 617 g/mol. The minimum Gasteiger partial charge on any atom is -0.309 e. The van der Waals surface area contributed by atoms with Crippen LogP contribution < -0.4 is 4.90 Å². The first-order chi connectivity index (χ1) is 25.0. The van der Waals surface area contributed by atoms with E-state index >= 15 is 0 Å². The molecule has 0 aliphatic carbocycles. The van der Waals surface area contributed by atoms with E-state index < -0.39 is 0 Å². The van der Waals surface area contributed by atoms with Gasteiger partial charge in [0, 0.05) is 27.7 Å². The van der Waals surface area contributed by atoms with Crippen molar-refractivity contribution in [2.45, 2.75) is 27.7 Å². The van der Waals surface area contributed by atoms with Gasteiger partial charge in [0.25, 0.3) is 0 Å². The van der Waals surface area contributed by atoms with Crippen molar-refractivity contribution in [2.75, 3.05) is 4.90 Å².